The molecule has 15 nitrogen and oxygen atoms in total. The van der Waals surface area contributed by atoms with Gasteiger partial charge in [-0.3, -0.25) is 19.8 Å². The first-order chi connectivity index (χ1) is 28.6. The molecule has 314 valence electrons. The van der Waals surface area contributed by atoms with E-state index >= 15 is 0 Å². The van der Waals surface area contributed by atoms with E-state index in [0.29, 0.717) is 30.4 Å². The van der Waals surface area contributed by atoms with Crippen LogP contribution in [0.4, 0.5) is 5.13 Å². The van der Waals surface area contributed by atoms with Crippen LogP contribution in [0.5, 0.6) is 0 Å². The van der Waals surface area contributed by atoms with Gasteiger partial charge < -0.3 is 24.3 Å². The third-order valence-corrected chi connectivity index (χ3v) is 16.7. The van der Waals surface area contributed by atoms with E-state index in [2.05, 4.69) is 116 Å². The van der Waals surface area contributed by atoms with Gasteiger partial charge in [0.1, 0.15) is 0 Å². The number of aromatic nitrogens is 7. The van der Waals surface area contributed by atoms with E-state index in [0.717, 1.165) is 122 Å². The highest BCUT2D eigenvalue weighted by atomic mass is 79.9. The summed E-state index contributed by atoms with van der Waals surface area (Å²) in [5, 5.41) is 4.20. The van der Waals surface area contributed by atoms with Gasteiger partial charge in [0.25, 0.3) is 10.0 Å². The zero-order valence-electron chi connectivity index (χ0n) is 33.3. The number of nitrogens with one attached hydrogen (secondary N) is 1. The number of likely N-dealkylation sites (N-methyl/N-ethyl adjacent to an activating group) is 1. The molecule has 0 unspecified atom stereocenters. The predicted molar refractivity (Wildman–Crippen MR) is 235 cm³/mol. The number of hydrogen-bond donors (Lipinski definition) is 1. The fraction of sp³-hybridized carbons (Fsp3) is 0.525. The van der Waals surface area contributed by atoms with Crippen molar-refractivity contribution in [1.29, 1.82) is 0 Å². The van der Waals surface area contributed by atoms with Crippen molar-refractivity contribution in [3.63, 3.8) is 0 Å². The zero-order valence-corrected chi connectivity index (χ0v) is 38.1. The van der Waals surface area contributed by atoms with Crippen LogP contribution in [0.25, 0.3) is 0 Å². The van der Waals surface area contributed by atoms with E-state index in [4.69, 9.17) is 0 Å². The maximum Gasteiger partial charge on any atom is 0.254 e. The second-order valence-corrected chi connectivity index (χ2v) is 21.3. The minimum Gasteiger partial charge on any atom is -0.345 e. The number of hydrogen-bond acceptors (Lipinski definition) is 13. The second kappa shape index (κ2) is 17.3. The molecule has 0 amide bonds. The number of nitrogens with zero attached hydrogens (tertiary/aromatic N) is 12. The monoisotopic (exact) mass is 967 g/mol. The first-order valence-corrected chi connectivity index (χ1v) is 24.3. The molecule has 0 aromatic carbocycles. The van der Waals surface area contributed by atoms with Crippen LogP contribution in [0.1, 0.15) is 48.5 Å². The molecule has 3 saturated heterocycles. The van der Waals surface area contributed by atoms with Gasteiger partial charge >= 0.3 is 0 Å². The summed E-state index contributed by atoms with van der Waals surface area (Å²) in [6, 6.07) is 8.33. The first-order valence-electron chi connectivity index (χ1n) is 20.5. The number of piperazine rings is 3. The van der Waals surface area contributed by atoms with E-state index < -0.39 is 10.0 Å². The Labute approximate surface area is 367 Å². The van der Waals surface area contributed by atoms with Gasteiger partial charge in [-0.15, -0.1) is 0 Å². The van der Waals surface area contributed by atoms with Gasteiger partial charge in [-0.25, -0.2) is 23.4 Å². The Morgan fingerprint density at radius 1 is 0.661 bits per heavy atom. The summed E-state index contributed by atoms with van der Waals surface area (Å²) in [5.74, 6) is 0. The lowest BCUT2D eigenvalue weighted by molar-refractivity contribution is 0.177. The molecule has 5 aliphatic rings. The molecule has 2 saturated carbocycles. The molecular formula is C40H51Br2N13O2S2. The number of rotatable bonds is 11. The summed E-state index contributed by atoms with van der Waals surface area (Å²) < 4.78 is 35.3. The SMILES string of the molecule is Brc1ccc(C2(n3cncc3CN3CCNCC3)CC2)nc1.CN1CCN(c2ncc(S(=O)(=O)N3CCN(Cc4cncn4C4(c5ccc(Br)cn5)CC4)CC3)s2)CC1. The smallest absolute Gasteiger partial charge is 0.254 e. The summed E-state index contributed by atoms with van der Waals surface area (Å²) in [7, 11) is -1.44. The van der Waals surface area contributed by atoms with Crippen LogP contribution in [0.15, 0.2) is 81.1 Å². The van der Waals surface area contributed by atoms with Crippen molar-refractivity contribution in [2.75, 3.05) is 90.5 Å². The molecule has 0 bridgehead atoms. The lowest BCUT2D eigenvalue weighted by atomic mass is 10.1. The fourth-order valence-corrected chi connectivity index (χ4v) is 11.7. The highest BCUT2D eigenvalue weighted by molar-refractivity contribution is 9.10. The summed E-state index contributed by atoms with van der Waals surface area (Å²) >= 11 is 8.23. The third-order valence-electron chi connectivity index (χ3n) is 12.4. The third kappa shape index (κ3) is 8.82. The van der Waals surface area contributed by atoms with Crippen molar-refractivity contribution < 1.29 is 8.42 Å². The van der Waals surface area contributed by atoms with Crippen molar-refractivity contribution >= 4 is 58.4 Å². The lowest BCUT2D eigenvalue weighted by Crippen LogP contribution is -2.48. The van der Waals surface area contributed by atoms with E-state index in [1.54, 1.807) is 4.31 Å². The Bertz CT molecular complexity index is 2290. The highest BCUT2D eigenvalue weighted by Crippen LogP contribution is 2.50. The molecule has 5 aromatic heterocycles. The highest BCUT2D eigenvalue weighted by Gasteiger charge is 2.49. The number of anilines is 1. The number of sulfonamides is 1. The number of halogens is 2. The zero-order chi connectivity index (χ0) is 40.6. The number of thiazole rings is 1. The van der Waals surface area contributed by atoms with Gasteiger partial charge in [-0.05, 0) is 88.9 Å². The van der Waals surface area contributed by atoms with Crippen molar-refractivity contribution in [1.82, 2.24) is 58.4 Å². The molecule has 0 spiro atoms. The minimum absolute atomic E-state index is 0.0283. The molecule has 2 aliphatic carbocycles. The second-order valence-electron chi connectivity index (χ2n) is 16.3. The van der Waals surface area contributed by atoms with Crippen molar-refractivity contribution in [3.05, 3.63) is 99.6 Å². The molecule has 59 heavy (non-hydrogen) atoms. The molecule has 0 atom stereocenters. The standard InChI is InChI=1S/C24H31BrN8O2S2.C16H20BrN5/c1-29-6-10-31(11-7-29)23-28-16-22(36-23)37(34,35)32-12-8-30(9-13-32)17-20-15-26-18-33(20)24(4-5-24)21-3-2-19(25)14-27-21;17-13-1-2-15(20-9-13)16(3-4-16)22-12-19-10-14(22)11-21-7-5-18-6-8-21/h2-3,14-16,18H,4-13,17H2,1H3;1-2,9-10,12,18H,3-8,11H2. The Hall–Kier alpha value is -3.14. The lowest BCUT2D eigenvalue weighted by Gasteiger charge is -2.34. The Balaban J connectivity index is 0.000000173. The van der Waals surface area contributed by atoms with E-state index in [-0.39, 0.29) is 11.1 Å². The Morgan fingerprint density at radius 2 is 1.19 bits per heavy atom. The average Bonchev–Trinajstić information content (AvgIpc) is 4.03. The van der Waals surface area contributed by atoms with Gasteiger partial charge in [0, 0.05) is 125 Å². The molecule has 0 radical (unpaired) electrons. The van der Waals surface area contributed by atoms with Crippen molar-refractivity contribution in [3.8, 4) is 0 Å². The maximum atomic E-state index is 13.4. The molecule has 5 aromatic rings. The van der Waals surface area contributed by atoms with E-state index in [9.17, 15) is 8.42 Å². The van der Waals surface area contributed by atoms with Crippen molar-refractivity contribution in [2.24, 2.45) is 0 Å². The van der Waals surface area contributed by atoms with Crippen molar-refractivity contribution in [2.45, 2.75) is 54.1 Å². The molecule has 5 fully saturated rings. The van der Waals surface area contributed by atoms with E-state index in [1.165, 1.54) is 23.2 Å². The van der Waals surface area contributed by atoms with Gasteiger partial charge in [0.15, 0.2) is 9.34 Å². The largest absolute Gasteiger partial charge is 0.345 e. The van der Waals surface area contributed by atoms with Crippen LogP contribution in [0.2, 0.25) is 0 Å². The molecule has 19 heteroatoms. The van der Waals surface area contributed by atoms with Crippen LogP contribution in [0, 0.1) is 0 Å². The van der Waals surface area contributed by atoms with Gasteiger partial charge in [0.2, 0.25) is 0 Å². The normalized spacial score (nSPS) is 21.2. The first kappa shape index (κ1) is 41.2. The van der Waals surface area contributed by atoms with E-state index in [1.807, 2.05) is 43.5 Å². The Morgan fingerprint density at radius 3 is 1.68 bits per heavy atom. The quantitative estimate of drug-likeness (QED) is 0.203. The van der Waals surface area contributed by atoms with Crippen LogP contribution < -0.4 is 10.2 Å². The summed E-state index contributed by atoms with van der Waals surface area (Å²) in [6.45, 7) is 12.0. The molecule has 8 heterocycles. The average molecular weight is 970 g/mol. The van der Waals surface area contributed by atoms with Crippen LogP contribution in [-0.2, 0) is 34.2 Å². The van der Waals surface area contributed by atoms with Crippen LogP contribution >= 0.6 is 43.2 Å². The number of pyridine rings is 2. The summed E-state index contributed by atoms with van der Waals surface area (Å²) in [4.78, 5) is 31.9. The van der Waals surface area contributed by atoms with Gasteiger partial charge in [0.05, 0.1) is 52.7 Å². The van der Waals surface area contributed by atoms with Crippen LogP contribution in [-0.4, -0.2) is 147 Å². The minimum atomic E-state index is -3.54. The summed E-state index contributed by atoms with van der Waals surface area (Å²) in [6.07, 6.45) is 17.5. The van der Waals surface area contributed by atoms with Crippen LogP contribution in [0.3, 0.4) is 0 Å². The van der Waals surface area contributed by atoms with Gasteiger partial charge in [-0.1, -0.05) is 11.3 Å². The number of imidazole rings is 2. The molecule has 1 N–H and O–H groups in total. The molecule has 3 aliphatic heterocycles. The van der Waals surface area contributed by atoms with Gasteiger partial charge in [-0.2, -0.15) is 4.31 Å². The summed E-state index contributed by atoms with van der Waals surface area (Å²) in [5.41, 5.74) is 4.55. The maximum absolute atomic E-state index is 13.4. The Kier molecular flexibility index (Phi) is 12.1. The predicted octanol–water partition coefficient (Wildman–Crippen LogP) is 4.28. The topological polar surface area (TPSA) is 137 Å². The molecular weight excluding hydrogens is 918 g/mol. The molecule has 10 rings (SSSR count). The fourth-order valence-electron chi connectivity index (χ4n) is 8.53.